The van der Waals surface area contributed by atoms with Crippen molar-refractivity contribution in [2.24, 2.45) is 5.92 Å². The molecule has 0 aromatic heterocycles. The zero-order chi connectivity index (χ0) is 11.0. The van der Waals surface area contributed by atoms with Crippen LogP contribution in [0.2, 0.25) is 0 Å². The average Bonchev–Trinajstić information content (AvgIpc) is 3.04. The van der Waals surface area contributed by atoms with Crippen LogP contribution in [0.15, 0.2) is 0 Å². The van der Waals surface area contributed by atoms with Crippen LogP contribution in [0.25, 0.3) is 0 Å². The second-order valence-electron chi connectivity index (χ2n) is 5.78. The fourth-order valence-corrected chi connectivity index (χ4v) is 3.21. The van der Waals surface area contributed by atoms with Gasteiger partial charge in [-0.2, -0.15) is 0 Å². The van der Waals surface area contributed by atoms with E-state index in [1.54, 1.807) is 0 Å². The maximum atomic E-state index is 12.0. The number of carbonyl (C=O) groups excluding carboxylic acids is 1. The minimum absolute atomic E-state index is 0.0907. The summed E-state index contributed by atoms with van der Waals surface area (Å²) in [7, 11) is 0. The van der Waals surface area contributed by atoms with Gasteiger partial charge in [-0.3, -0.25) is 10.1 Å². The van der Waals surface area contributed by atoms with Gasteiger partial charge >= 0.3 is 0 Å². The third kappa shape index (κ3) is 1.86. The molecule has 3 aliphatic rings. The topological polar surface area (TPSA) is 32.3 Å². The van der Waals surface area contributed by atoms with Crippen molar-refractivity contribution in [3.63, 3.8) is 0 Å². The Bertz CT molecular complexity index is 280. The smallest absolute Gasteiger partial charge is 0.243 e. The van der Waals surface area contributed by atoms with Crippen molar-refractivity contribution in [2.75, 3.05) is 13.2 Å². The fourth-order valence-electron chi connectivity index (χ4n) is 3.21. The van der Waals surface area contributed by atoms with Gasteiger partial charge in [0, 0.05) is 6.54 Å². The van der Waals surface area contributed by atoms with Gasteiger partial charge < -0.3 is 4.90 Å². The number of nitrogens with one attached hydrogen (secondary N) is 1. The number of hydrogen-bond acceptors (Lipinski definition) is 2. The average molecular weight is 222 g/mol. The van der Waals surface area contributed by atoms with Gasteiger partial charge in [0.25, 0.3) is 0 Å². The summed E-state index contributed by atoms with van der Waals surface area (Å²) in [5, 5.41) is 3.37. The monoisotopic (exact) mass is 222 g/mol. The van der Waals surface area contributed by atoms with Crippen LogP contribution in [0.3, 0.4) is 0 Å². The van der Waals surface area contributed by atoms with E-state index in [1.165, 1.54) is 38.5 Å². The molecule has 90 valence electrons. The first kappa shape index (κ1) is 10.6. The van der Waals surface area contributed by atoms with E-state index >= 15 is 0 Å². The quantitative estimate of drug-likeness (QED) is 0.790. The SMILES string of the molecule is O=C1N(CCC2CCCCC2)CNC12CC2. The van der Waals surface area contributed by atoms with E-state index in [0.29, 0.717) is 5.91 Å². The second-order valence-corrected chi connectivity index (χ2v) is 5.78. The molecule has 3 fully saturated rings. The molecule has 2 aliphatic carbocycles. The maximum absolute atomic E-state index is 12.0. The molecule has 0 unspecified atom stereocenters. The summed E-state index contributed by atoms with van der Waals surface area (Å²) < 4.78 is 0. The van der Waals surface area contributed by atoms with Crippen molar-refractivity contribution in [1.82, 2.24) is 10.2 Å². The van der Waals surface area contributed by atoms with Crippen LogP contribution < -0.4 is 5.32 Å². The molecule has 3 rings (SSSR count). The van der Waals surface area contributed by atoms with Crippen molar-refractivity contribution in [3.05, 3.63) is 0 Å². The van der Waals surface area contributed by atoms with E-state index in [9.17, 15) is 4.79 Å². The first-order valence-corrected chi connectivity index (χ1v) is 6.85. The standard InChI is InChI=1S/C13H22N2O/c16-12-13(7-8-13)14-10-15(12)9-6-11-4-2-1-3-5-11/h11,14H,1-10H2. The van der Waals surface area contributed by atoms with Crippen LogP contribution in [0.5, 0.6) is 0 Å². The molecule has 3 nitrogen and oxygen atoms in total. The molecule has 1 heterocycles. The van der Waals surface area contributed by atoms with Crippen LogP contribution in [-0.2, 0) is 4.79 Å². The van der Waals surface area contributed by atoms with E-state index in [4.69, 9.17) is 0 Å². The van der Waals surface area contributed by atoms with E-state index < -0.39 is 0 Å². The Morgan fingerprint density at radius 2 is 2.00 bits per heavy atom. The first-order chi connectivity index (χ1) is 7.80. The highest BCUT2D eigenvalue weighted by Crippen LogP contribution is 2.40. The maximum Gasteiger partial charge on any atom is 0.243 e. The Morgan fingerprint density at radius 3 is 2.62 bits per heavy atom. The van der Waals surface area contributed by atoms with E-state index in [0.717, 1.165) is 32.0 Å². The highest BCUT2D eigenvalue weighted by Gasteiger charge is 2.55. The number of rotatable bonds is 3. The van der Waals surface area contributed by atoms with Gasteiger partial charge in [0.05, 0.1) is 12.2 Å². The van der Waals surface area contributed by atoms with Crippen molar-refractivity contribution in [2.45, 2.75) is 56.9 Å². The summed E-state index contributed by atoms with van der Waals surface area (Å²) in [6.45, 7) is 1.78. The predicted octanol–water partition coefficient (Wildman–Crippen LogP) is 1.88. The molecule has 1 amide bonds. The van der Waals surface area contributed by atoms with Gasteiger partial charge in [-0.1, -0.05) is 32.1 Å². The summed E-state index contributed by atoms with van der Waals surface area (Å²) in [4.78, 5) is 14.1. The molecule has 0 aromatic carbocycles. The largest absolute Gasteiger partial charge is 0.328 e. The fraction of sp³-hybridized carbons (Fsp3) is 0.923. The molecule has 1 saturated heterocycles. The number of hydrogen-bond donors (Lipinski definition) is 1. The minimum Gasteiger partial charge on any atom is -0.328 e. The third-order valence-corrected chi connectivity index (χ3v) is 4.59. The van der Waals surface area contributed by atoms with Gasteiger partial charge in [-0.25, -0.2) is 0 Å². The van der Waals surface area contributed by atoms with Crippen molar-refractivity contribution < 1.29 is 4.79 Å². The van der Waals surface area contributed by atoms with Crippen LogP contribution in [0.4, 0.5) is 0 Å². The summed E-state index contributed by atoms with van der Waals surface area (Å²) >= 11 is 0. The molecule has 16 heavy (non-hydrogen) atoms. The highest BCUT2D eigenvalue weighted by molar-refractivity contribution is 5.91. The molecule has 0 aromatic rings. The van der Waals surface area contributed by atoms with E-state index in [1.807, 2.05) is 4.90 Å². The Morgan fingerprint density at radius 1 is 1.25 bits per heavy atom. The number of nitrogens with zero attached hydrogens (tertiary/aromatic N) is 1. The molecule has 1 N–H and O–H groups in total. The molecule has 0 atom stereocenters. The lowest BCUT2D eigenvalue weighted by Crippen LogP contribution is -2.33. The predicted molar refractivity (Wildman–Crippen MR) is 62.9 cm³/mol. The van der Waals surface area contributed by atoms with Gasteiger partial charge in [-0.05, 0) is 25.2 Å². The zero-order valence-electron chi connectivity index (χ0n) is 10.0. The van der Waals surface area contributed by atoms with Crippen LogP contribution in [0.1, 0.15) is 51.4 Å². The normalized spacial score (nSPS) is 29.0. The summed E-state index contributed by atoms with van der Waals surface area (Å²) in [5.41, 5.74) is -0.0907. The van der Waals surface area contributed by atoms with Gasteiger partial charge in [0.15, 0.2) is 0 Å². The molecule has 1 aliphatic heterocycles. The number of amides is 1. The Labute approximate surface area is 97.6 Å². The third-order valence-electron chi connectivity index (χ3n) is 4.59. The second kappa shape index (κ2) is 4.02. The van der Waals surface area contributed by atoms with Crippen molar-refractivity contribution in [3.8, 4) is 0 Å². The van der Waals surface area contributed by atoms with Crippen LogP contribution >= 0.6 is 0 Å². The molecule has 0 bridgehead atoms. The Hall–Kier alpha value is -0.570. The lowest BCUT2D eigenvalue weighted by Gasteiger charge is -2.24. The minimum atomic E-state index is -0.0907. The lowest BCUT2D eigenvalue weighted by atomic mass is 9.87. The molecule has 1 spiro atoms. The highest BCUT2D eigenvalue weighted by atomic mass is 16.2. The van der Waals surface area contributed by atoms with E-state index in [-0.39, 0.29) is 5.54 Å². The molecule has 2 saturated carbocycles. The Kier molecular flexibility index (Phi) is 2.66. The molecule has 0 radical (unpaired) electrons. The van der Waals surface area contributed by atoms with Gasteiger partial charge in [-0.15, -0.1) is 0 Å². The van der Waals surface area contributed by atoms with Crippen LogP contribution in [-0.4, -0.2) is 29.6 Å². The van der Waals surface area contributed by atoms with Crippen molar-refractivity contribution in [1.29, 1.82) is 0 Å². The molecular formula is C13H22N2O. The zero-order valence-corrected chi connectivity index (χ0v) is 10.0. The summed E-state index contributed by atoms with van der Waals surface area (Å²) in [6.07, 6.45) is 10.4. The van der Waals surface area contributed by atoms with E-state index in [2.05, 4.69) is 5.32 Å². The van der Waals surface area contributed by atoms with Gasteiger partial charge in [0.2, 0.25) is 5.91 Å². The Balaban J connectivity index is 1.46. The first-order valence-electron chi connectivity index (χ1n) is 6.85. The van der Waals surface area contributed by atoms with Gasteiger partial charge in [0.1, 0.15) is 0 Å². The van der Waals surface area contributed by atoms with Crippen LogP contribution in [0, 0.1) is 5.92 Å². The molecule has 3 heteroatoms. The lowest BCUT2D eigenvalue weighted by molar-refractivity contribution is -0.129. The summed E-state index contributed by atoms with van der Waals surface area (Å²) in [6, 6.07) is 0. The number of carbonyl (C=O) groups is 1. The van der Waals surface area contributed by atoms with Crippen molar-refractivity contribution >= 4 is 5.91 Å². The molecular weight excluding hydrogens is 200 g/mol. The summed E-state index contributed by atoms with van der Waals surface area (Å²) in [5.74, 6) is 1.26.